The van der Waals surface area contributed by atoms with E-state index < -0.39 is 11.6 Å². The fraction of sp³-hybridized carbons (Fsp3) is 0.333. The second-order valence-electron chi connectivity index (χ2n) is 8.99. The molecule has 0 N–H and O–H groups in total. The molecule has 35 heavy (non-hydrogen) atoms. The molecule has 4 rings (SSSR count). The third kappa shape index (κ3) is 5.79. The maximum absolute atomic E-state index is 14.9. The summed E-state index contributed by atoms with van der Waals surface area (Å²) in [6, 6.07) is 15.2. The van der Waals surface area contributed by atoms with Gasteiger partial charge in [0.15, 0.2) is 11.6 Å². The van der Waals surface area contributed by atoms with E-state index in [0.717, 1.165) is 43.2 Å². The van der Waals surface area contributed by atoms with Crippen LogP contribution in [0.3, 0.4) is 0 Å². The van der Waals surface area contributed by atoms with Crippen LogP contribution in [-0.2, 0) is 4.74 Å². The normalized spacial score (nSPS) is 17.8. The van der Waals surface area contributed by atoms with E-state index >= 15 is 0 Å². The van der Waals surface area contributed by atoms with Crippen molar-refractivity contribution in [2.24, 2.45) is 0 Å². The predicted molar refractivity (Wildman–Crippen MR) is 134 cm³/mol. The van der Waals surface area contributed by atoms with Gasteiger partial charge in [0.05, 0.1) is 19.3 Å². The molecule has 0 saturated carbocycles. The lowest BCUT2D eigenvalue weighted by atomic mass is 9.89. The Balaban J connectivity index is 1.48. The lowest BCUT2D eigenvalue weighted by Crippen LogP contribution is -2.23. The minimum absolute atomic E-state index is 0.0269. The summed E-state index contributed by atoms with van der Waals surface area (Å²) in [5.74, 6) is -2.22. The average Bonchev–Trinajstić information content (AvgIpc) is 2.89. The van der Waals surface area contributed by atoms with Gasteiger partial charge >= 0.3 is 0 Å². The molecular formula is C30H31F3O2. The van der Waals surface area contributed by atoms with E-state index in [1.54, 1.807) is 30.3 Å². The molecule has 1 aliphatic rings. The van der Waals surface area contributed by atoms with Gasteiger partial charge in [-0.3, -0.25) is 0 Å². The van der Waals surface area contributed by atoms with Crippen molar-refractivity contribution in [2.45, 2.75) is 51.0 Å². The zero-order chi connectivity index (χ0) is 24.8. The number of halogens is 3. The van der Waals surface area contributed by atoms with Gasteiger partial charge in [-0.05, 0) is 59.7 Å². The second kappa shape index (κ2) is 11.6. The van der Waals surface area contributed by atoms with Crippen LogP contribution in [0, 0.1) is 17.5 Å². The highest BCUT2D eigenvalue weighted by Gasteiger charge is 2.23. The zero-order valence-corrected chi connectivity index (χ0v) is 20.0. The summed E-state index contributed by atoms with van der Waals surface area (Å²) in [6.45, 7) is 6.66. The van der Waals surface area contributed by atoms with Crippen LogP contribution in [0.15, 0.2) is 67.3 Å². The molecule has 5 heteroatoms. The first-order valence-corrected chi connectivity index (χ1v) is 12.3. The molecule has 1 heterocycles. The van der Waals surface area contributed by atoms with Crippen LogP contribution in [-0.4, -0.2) is 19.3 Å². The standard InChI is InChI=1S/C30H31F3O2/c1-3-5-6-17-34-28-16-15-26(29(32)30(28)33)21-9-7-20(8-10-21)22-12-14-25(27(31)18-22)23-11-13-24(4-2)35-19-23/h4,7-10,12,14-16,18,23-24H,2-3,5-6,11,13,17,19H2,1H3. The molecular weight excluding hydrogens is 449 g/mol. The molecule has 1 saturated heterocycles. The highest BCUT2D eigenvalue weighted by molar-refractivity contribution is 5.71. The van der Waals surface area contributed by atoms with Crippen molar-refractivity contribution in [3.8, 4) is 28.0 Å². The molecule has 3 aromatic carbocycles. The van der Waals surface area contributed by atoms with Crippen LogP contribution in [0.1, 0.15) is 50.5 Å². The van der Waals surface area contributed by atoms with E-state index in [2.05, 4.69) is 13.5 Å². The summed E-state index contributed by atoms with van der Waals surface area (Å²) in [7, 11) is 0. The Labute approximate surface area is 205 Å². The molecule has 184 valence electrons. The van der Waals surface area contributed by atoms with Gasteiger partial charge in [-0.2, -0.15) is 4.39 Å². The summed E-state index contributed by atoms with van der Waals surface area (Å²) in [6.07, 6.45) is 6.32. The van der Waals surface area contributed by atoms with Gasteiger partial charge in [-0.15, -0.1) is 6.58 Å². The largest absolute Gasteiger partial charge is 0.490 e. The van der Waals surface area contributed by atoms with Gasteiger partial charge < -0.3 is 9.47 Å². The third-order valence-electron chi connectivity index (χ3n) is 6.60. The van der Waals surface area contributed by atoms with Crippen molar-refractivity contribution in [3.05, 3.63) is 90.3 Å². The summed E-state index contributed by atoms with van der Waals surface area (Å²) < 4.78 is 55.3. The number of unbranched alkanes of at least 4 members (excludes halogenated alkanes) is 2. The van der Waals surface area contributed by atoms with Gasteiger partial charge in [0.25, 0.3) is 0 Å². The molecule has 0 aliphatic carbocycles. The lowest BCUT2D eigenvalue weighted by molar-refractivity contribution is 0.0321. The minimum Gasteiger partial charge on any atom is -0.490 e. The molecule has 0 radical (unpaired) electrons. The lowest BCUT2D eigenvalue weighted by Gasteiger charge is -2.27. The van der Waals surface area contributed by atoms with Crippen LogP contribution in [0.4, 0.5) is 13.2 Å². The maximum atomic E-state index is 14.9. The Morgan fingerprint density at radius 3 is 2.31 bits per heavy atom. The zero-order valence-electron chi connectivity index (χ0n) is 20.0. The van der Waals surface area contributed by atoms with Crippen molar-refractivity contribution in [1.82, 2.24) is 0 Å². The Morgan fingerprint density at radius 1 is 0.914 bits per heavy atom. The predicted octanol–water partition coefficient (Wildman–Crippen LogP) is 8.46. The number of rotatable bonds is 9. The van der Waals surface area contributed by atoms with Crippen molar-refractivity contribution in [2.75, 3.05) is 13.2 Å². The Hall–Kier alpha value is -3.05. The van der Waals surface area contributed by atoms with E-state index in [4.69, 9.17) is 9.47 Å². The molecule has 2 atom stereocenters. The van der Waals surface area contributed by atoms with E-state index in [1.807, 2.05) is 12.1 Å². The maximum Gasteiger partial charge on any atom is 0.201 e. The molecule has 0 aromatic heterocycles. The van der Waals surface area contributed by atoms with Crippen molar-refractivity contribution >= 4 is 0 Å². The molecule has 0 spiro atoms. The van der Waals surface area contributed by atoms with E-state index in [9.17, 15) is 13.2 Å². The van der Waals surface area contributed by atoms with Crippen molar-refractivity contribution in [3.63, 3.8) is 0 Å². The highest BCUT2D eigenvalue weighted by Crippen LogP contribution is 2.34. The number of ether oxygens (including phenoxy) is 2. The fourth-order valence-corrected chi connectivity index (χ4v) is 4.48. The van der Waals surface area contributed by atoms with Crippen LogP contribution in [0.25, 0.3) is 22.3 Å². The van der Waals surface area contributed by atoms with Gasteiger partial charge in [0.1, 0.15) is 5.82 Å². The summed E-state index contributed by atoms with van der Waals surface area (Å²) in [5.41, 5.74) is 2.87. The van der Waals surface area contributed by atoms with E-state index in [0.29, 0.717) is 24.3 Å². The smallest absolute Gasteiger partial charge is 0.201 e. The first-order chi connectivity index (χ1) is 17.0. The first kappa shape index (κ1) is 25.1. The van der Waals surface area contributed by atoms with Crippen molar-refractivity contribution < 1.29 is 22.6 Å². The van der Waals surface area contributed by atoms with Gasteiger partial charge in [0, 0.05) is 11.5 Å². The van der Waals surface area contributed by atoms with E-state index in [-0.39, 0.29) is 29.2 Å². The van der Waals surface area contributed by atoms with Crippen LogP contribution in [0.2, 0.25) is 0 Å². The van der Waals surface area contributed by atoms with Crippen LogP contribution in [0.5, 0.6) is 5.75 Å². The summed E-state index contributed by atoms with van der Waals surface area (Å²) in [4.78, 5) is 0. The average molecular weight is 481 g/mol. The Morgan fingerprint density at radius 2 is 1.66 bits per heavy atom. The summed E-state index contributed by atoms with van der Waals surface area (Å²) in [5, 5.41) is 0. The first-order valence-electron chi connectivity index (χ1n) is 12.3. The fourth-order valence-electron chi connectivity index (χ4n) is 4.48. The van der Waals surface area contributed by atoms with Crippen molar-refractivity contribution in [1.29, 1.82) is 0 Å². The topological polar surface area (TPSA) is 18.5 Å². The minimum atomic E-state index is -0.980. The van der Waals surface area contributed by atoms with Crippen LogP contribution >= 0.6 is 0 Å². The molecule has 0 amide bonds. The molecule has 0 bridgehead atoms. The van der Waals surface area contributed by atoms with Gasteiger partial charge in [-0.25, -0.2) is 8.78 Å². The van der Waals surface area contributed by atoms with E-state index in [1.165, 1.54) is 18.2 Å². The van der Waals surface area contributed by atoms with Gasteiger partial charge in [0.2, 0.25) is 5.82 Å². The molecule has 1 aliphatic heterocycles. The quantitative estimate of drug-likeness (QED) is 0.226. The van der Waals surface area contributed by atoms with Crippen LogP contribution < -0.4 is 4.74 Å². The summed E-state index contributed by atoms with van der Waals surface area (Å²) >= 11 is 0. The number of hydrogen-bond donors (Lipinski definition) is 0. The number of benzene rings is 3. The van der Waals surface area contributed by atoms with Gasteiger partial charge in [-0.1, -0.05) is 62.2 Å². The SMILES string of the molecule is C=CC1CCC(c2ccc(-c3ccc(-c4ccc(OCCCCC)c(F)c4F)cc3)cc2F)CO1. The highest BCUT2D eigenvalue weighted by atomic mass is 19.2. The Kier molecular flexibility index (Phi) is 8.29. The molecule has 2 unspecified atom stereocenters. The molecule has 1 fully saturated rings. The molecule has 3 aromatic rings. The second-order valence-corrected chi connectivity index (χ2v) is 8.99. The third-order valence-corrected chi connectivity index (χ3v) is 6.60. The monoisotopic (exact) mass is 480 g/mol. The molecule has 2 nitrogen and oxygen atoms in total. The number of hydrogen-bond acceptors (Lipinski definition) is 2. The Bertz CT molecular complexity index is 1150.